The summed E-state index contributed by atoms with van der Waals surface area (Å²) in [5, 5.41) is 3.53. The maximum Gasteiger partial charge on any atom is 0.226 e. The second-order valence-corrected chi connectivity index (χ2v) is 6.86. The van der Waals surface area contributed by atoms with Crippen LogP contribution < -0.4 is 5.32 Å². The fourth-order valence-electron chi connectivity index (χ4n) is 3.07. The van der Waals surface area contributed by atoms with Crippen molar-refractivity contribution in [1.82, 2.24) is 14.7 Å². The number of halogens is 2. The van der Waals surface area contributed by atoms with Crippen LogP contribution >= 0.6 is 11.6 Å². The van der Waals surface area contributed by atoms with Crippen LogP contribution in [0.1, 0.15) is 11.3 Å². The Morgan fingerprint density at radius 2 is 1.79 bits per heavy atom. The Hall–Kier alpha value is -3.18. The number of rotatable bonds is 5. The highest BCUT2D eigenvalue weighted by Gasteiger charge is 2.17. The maximum absolute atomic E-state index is 13.0. The Balaban J connectivity index is 1.59. The number of nitrogens with zero attached hydrogens (tertiary/aromatic N) is 2. The second kappa shape index (κ2) is 7.82. The zero-order valence-corrected chi connectivity index (χ0v) is 15.7. The highest BCUT2D eigenvalue weighted by Crippen LogP contribution is 2.26. The van der Waals surface area contributed by atoms with Crippen LogP contribution in [0.3, 0.4) is 0 Å². The van der Waals surface area contributed by atoms with Gasteiger partial charge in [0, 0.05) is 23.3 Å². The molecule has 2 heterocycles. The standard InChI is InChI=1S/C22H17ClFN3O/c23-17-8-6-16(7-9-17)22-19(27-12-2-1-3-20(27)26-22)13-21(28)25-14-15-4-10-18(24)11-5-15/h1-12H,13-14H2,(H,25,28). The molecule has 0 bridgehead atoms. The van der Waals surface area contributed by atoms with Gasteiger partial charge in [0.2, 0.25) is 5.91 Å². The molecule has 0 spiro atoms. The number of benzene rings is 2. The monoisotopic (exact) mass is 393 g/mol. The number of amides is 1. The molecule has 6 heteroatoms. The lowest BCUT2D eigenvalue weighted by atomic mass is 10.1. The zero-order chi connectivity index (χ0) is 19.5. The van der Waals surface area contributed by atoms with Crippen LogP contribution in [-0.2, 0) is 17.8 Å². The van der Waals surface area contributed by atoms with Gasteiger partial charge in [-0.15, -0.1) is 0 Å². The molecule has 140 valence electrons. The molecule has 1 amide bonds. The van der Waals surface area contributed by atoms with Crippen molar-refractivity contribution in [1.29, 1.82) is 0 Å². The molecule has 4 aromatic rings. The summed E-state index contributed by atoms with van der Waals surface area (Å²) in [5.74, 6) is -0.432. The van der Waals surface area contributed by atoms with Gasteiger partial charge in [0.05, 0.1) is 17.8 Å². The quantitative estimate of drug-likeness (QED) is 0.536. The molecule has 0 saturated carbocycles. The van der Waals surface area contributed by atoms with Crippen molar-refractivity contribution >= 4 is 23.2 Å². The molecule has 1 N–H and O–H groups in total. The van der Waals surface area contributed by atoms with Crippen LogP contribution in [0, 0.1) is 5.82 Å². The van der Waals surface area contributed by atoms with E-state index in [4.69, 9.17) is 16.6 Å². The van der Waals surface area contributed by atoms with Crippen LogP contribution in [0.4, 0.5) is 4.39 Å². The van der Waals surface area contributed by atoms with E-state index < -0.39 is 0 Å². The number of fused-ring (bicyclic) bond motifs is 1. The first-order valence-corrected chi connectivity index (χ1v) is 9.21. The molecule has 2 aromatic heterocycles. The van der Waals surface area contributed by atoms with Crippen molar-refractivity contribution in [2.45, 2.75) is 13.0 Å². The van der Waals surface area contributed by atoms with Crippen molar-refractivity contribution in [3.05, 3.63) is 95.0 Å². The first kappa shape index (κ1) is 18.2. The number of hydrogen-bond donors (Lipinski definition) is 1. The van der Waals surface area contributed by atoms with Gasteiger partial charge in [0.1, 0.15) is 11.5 Å². The van der Waals surface area contributed by atoms with Crippen molar-refractivity contribution in [2.75, 3.05) is 0 Å². The van der Waals surface area contributed by atoms with E-state index in [1.54, 1.807) is 24.3 Å². The topological polar surface area (TPSA) is 46.4 Å². The third kappa shape index (κ3) is 3.89. The van der Waals surface area contributed by atoms with Crippen LogP contribution in [0.5, 0.6) is 0 Å². The molecule has 28 heavy (non-hydrogen) atoms. The molecule has 0 fully saturated rings. The Labute approximate surface area is 166 Å². The van der Waals surface area contributed by atoms with Gasteiger partial charge in [0.25, 0.3) is 0 Å². The molecule has 4 rings (SSSR count). The first-order valence-electron chi connectivity index (χ1n) is 8.83. The Bertz CT molecular complexity index is 1120. The number of aromatic nitrogens is 2. The van der Waals surface area contributed by atoms with Gasteiger partial charge in [-0.25, -0.2) is 9.37 Å². The van der Waals surface area contributed by atoms with Crippen molar-refractivity contribution in [2.24, 2.45) is 0 Å². The van der Waals surface area contributed by atoms with Crippen LogP contribution in [0.2, 0.25) is 5.02 Å². The van der Waals surface area contributed by atoms with Crippen LogP contribution in [0.15, 0.2) is 72.9 Å². The zero-order valence-electron chi connectivity index (χ0n) is 14.9. The second-order valence-electron chi connectivity index (χ2n) is 6.42. The Morgan fingerprint density at radius 1 is 1.04 bits per heavy atom. The summed E-state index contributed by atoms with van der Waals surface area (Å²) in [4.78, 5) is 17.3. The molecule has 0 atom stereocenters. The molecule has 2 aromatic carbocycles. The highest BCUT2D eigenvalue weighted by atomic mass is 35.5. The number of nitrogens with one attached hydrogen (secondary N) is 1. The Morgan fingerprint density at radius 3 is 2.54 bits per heavy atom. The molecule has 0 aliphatic heterocycles. The minimum absolute atomic E-state index is 0.134. The molecule has 0 unspecified atom stereocenters. The molecule has 4 nitrogen and oxygen atoms in total. The normalized spacial score (nSPS) is 10.9. The lowest BCUT2D eigenvalue weighted by molar-refractivity contribution is -0.120. The summed E-state index contributed by atoms with van der Waals surface area (Å²) < 4.78 is 14.9. The highest BCUT2D eigenvalue weighted by molar-refractivity contribution is 6.30. The molecule has 0 aliphatic rings. The van der Waals surface area contributed by atoms with Gasteiger partial charge in [0.15, 0.2) is 0 Å². The van der Waals surface area contributed by atoms with E-state index in [1.807, 2.05) is 40.9 Å². The molecule has 0 radical (unpaired) electrons. The third-order valence-corrected chi connectivity index (χ3v) is 4.73. The summed E-state index contributed by atoms with van der Waals surface area (Å²) in [7, 11) is 0. The molecular weight excluding hydrogens is 377 g/mol. The number of pyridine rings is 1. The average Bonchev–Trinajstić information content (AvgIpc) is 3.07. The van der Waals surface area contributed by atoms with Crippen molar-refractivity contribution in [3.8, 4) is 11.3 Å². The summed E-state index contributed by atoms with van der Waals surface area (Å²) in [6.07, 6.45) is 2.06. The van der Waals surface area contributed by atoms with E-state index in [2.05, 4.69) is 5.32 Å². The van der Waals surface area contributed by atoms with Gasteiger partial charge in [-0.05, 0) is 42.0 Å². The maximum atomic E-state index is 13.0. The SMILES string of the molecule is O=C(Cc1c(-c2ccc(Cl)cc2)nc2ccccn12)NCc1ccc(F)cc1. The predicted molar refractivity (Wildman–Crippen MR) is 108 cm³/mol. The molecular formula is C22H17ClFN3O. The van der Waals surface area contributed by atoms with Crippen LogP contribution in [0.25, 0.3) is 16.9 Å². The molecule has 0 aliphatic carbocycles. The smallest absolute Gasteiger partial charge is 0.226 e. The lowest BCUT2D eigenvalue weighted by Crippen LogP contribution is -2.25. The predicted octanol–water partition coefficient (Wildman–Crippen LogP) is 4.65. The fraction of sp³-hybridized carbons (Fsp3) is 0.0909. The van der Waals surface area contributed by atoms with Crippen molar-refractivity contribution < 1.29 is 9.18 Å². The van der Waals surface area contributed by atoms with E-state index in [-0.39, 0.29) is 18.1 Å². The third-order valence-electron chi connectivity index (χ3n) is 4.48. The number of carbonyl (C=O) groups excluding carboxylic acids is 1. The molecule has 0 saturated heterocycles. The largest absolute Gasteiger partial charge is 0.352 e. The van der Waals surface area contributed by atoms with Gasteiger partial charge in [-0.2, -0.15) is 0 Å². The summed E-state index contributed by atoms with van der Waals surface area (Å²) in [6, 6.07) is 19.2. The Kier molecular flexibility index (Phi) is 5.08. The van der Waals surface area contributed by atoms with E-state index in [9.17, 15) is 9.18 Å². The van der Waals surface area contributed by atoms with E-state index >= 15 is 0 Å². The number of carbonyl (C=O) groups is 1. The van der Waals surface area contributed by atoms with E-state index in [0.717, 1.165) is 28.2 Å². The lowest BCUT2D eigenvalue weighted by Gasteiger charge is -2.08. The van der Waals surface area contributed by atoms with Gasteiger partial charge in [-0.3, -0.25) is 4.79 Å². The van der Waals surface area contributed by atoms with Gasteiger partial charge >= 0.3 is 0 Å². The fourth-order valence-corrected chi connectivity index (χ4v) is 3.20. The van der Waals surface area contributed by atoms with Gasteiger partial charge in [-0.1, -0.05) is 41.9 Å². The summed E-state index contributed by atoms with van der Waals surface area (Å²) >= 11 is 6.00. The number of hydrogen-bond acceptors (Lipinski definition) is 2. The van der Waals surface area contributed by atoms with E-state index in [1.165, 1.54) is 12.1 Å². The van der Waals surface area contributed by atoms with Crippen molar-refractivity contribution in [3.63, 3.8) is 0 Å². The van der Waals surface area contributed by atoms with E-state index in [0.29, 0.717) is 11.6 Å². The summed E-state index contributed by atoms with van der Waals surface area (Å²) in [6.45, 7) is 0.339. The average molecular weight is 394 g/mol. The first-order chi connectivity index (χ1) is 13.6. The summed E-state index contributed by atoms with van der Waals surface area (Å²) in [5.41, 5.74) is 4.06. The number of imidazole rings is 1. The van der Waals surface area contributed by atoms with Crippen LogP contribution in [-0.4, -0.2) is 15.3 Å². The van der Waals surface area contributed by atoms with Gasteiger partial charge < -0.3 is 9.72 Å². The minimum Gasteiger partial charge on any atom is -0.352 e. The minimum atomic E-state index is -0.298.